The Morgan fingerprint density at radius 1 is 1.05 bits per heavy atom. The highest BCUT2D eigenvalue weighted by Crippen LogP contribution is 2.26. The Morgan fingerprint density at radius 3 is 1.89 bits per heavy atom. The van der Waals surface area contributed by atoms with E-state index in [0.29, 0.717) is 6.54 Å². The molecule has 0 aliphatic carbocycles. The molecule has 0 spiro atoms. The first-order chi connectivity index (χ1) is 7.86. The van der Waals surface area contributed by atoms with Gasteiger partial charge in [-0.15, -0.1) is 24.8 Å². The minimum Gasteiger partial charge on any atom is -0.329 e. The molecule has 0 aliphatic heterocycles. The quantitative estimate of drug-likeness (QED) is 0.836. The maximum Gasteiger partial charge on any atom is 0.0211 e. The highest BCUT2D eigenvalue weighted by atomic mass is 35.5. The van der Waals surface area contributed by atoms with Crippen LogP contribution in [-0.2, 0) is 12.0 Å². The van der Waals surface area contributed by atoms with E-state index in [2.05, 4.69) is 52.1 Å². The summed E-state index contributed by atoms with van der Waals surface area (Å²) in [5.41, 5.74) is 11.3. The van der Waals surface area contributed by atoms with Crippen molar-refractivity contribution < 1.29 is 0 Å². The zero-order valence-corrected chi connectivity index (χ0v) is 14.3. The van der Waals surface area contributed by atoms with Crippen LogP contribution in [0.15, 0.2) is 12.1 Å². The second-order valence-electron chi connectivity index (χ2n) is 5.80. The molecule has 112 valence electrons. The van der Waals surface area contributed by atoms with Crippen molar-refractivity contribution in [1.29, 1.82) is 0 Å². The average molecular weight is 307 g/mol. The second-order valence-corrected chi connectivity index (χ2v) is 5.80. The van der Waals surface area contributed by atoms with Gasteiger partial charge in [0.25, 0.3) is 0 Å². The van der Waals surface area contributed by atoms with Gasteiger partial charge in [-0.2, -0.15) is 0 Å². The van der Waals surface area contributed by atoms with Crippen LogP contribution >= 0.6 is 24.8 Å². The Hall–Kier alpha value is -0.280. The van der Waals surface area contributed by atoms with Crippen molar-refractivity contribution in [3.05, 3.63) is 34.4 Å². The van der Waals surface area contributed by atoms with Gasteiger partial charge in [0, 0.05) is 19.6 Å². The molecule has 1 rings (SSSR count). The fourth-order valence-electron chi connectivity index (χ4n) is 2.02. The Kier molecular flexibility index (Phi) is 9.74. The molecule has 3 N–H and O–H groups in total. The maximum absolute atomic E-state index is 5.49. The molecule has 1 aromatic carbocycles. The summed E-state index contributed by atoms with van der Waals surface area (Å²) in [6.45, 7) is 13.6. The number of hydrogen-bond donors (Lipinski definition) is 2. The SMILES string of the molecule is Cc1cc(C(C)(C)C)cc(C)c1CNCCN.Cl.Cl. The minimum atomic E-state index is 0. The van der Waals surface area contributed by atoms with Crippen LogP contribution in [0, 0.1) is 13.8 Å². The van der Waals surface area contributed by atoms with Gasteiger partial charge in [0.05, 0.1) is 0 Å². The van der Waals surface area contributed by atoms with Gasteiger partial charge in [-0.25, -0.2) is 0 Å². The van der Waals surface area contributed by atoms with Crippen molar-refractivity contribution in [2.24, 2.45) is 5.73 Å². The number of halogens is 2. The van der Waals surface area contributed by atoms with Gasteiger partial charge in [-0.1, -0.05) is 32.9 Å². The molecule has 2 nitrogen and oxygen atoms in total. The molecule has 0 aliphatic rings. The van der Waals surface area contributed by atoms with Crippen LogP contribution in [-0.4, -0.2) is 13.1 Å². The first-order valence-corrected chi connectivity index (χ1v) is 6.37. The smallest absolute Gasteiger partial charge is 0.0211 e. The number of nitrogens with one attached hydrogen (secondary N) is 1. The zero-order chi connectivity index (χ0) is 13.1. The third kappa shape index (κ3) is 6.13. The van der Waals surface area contributed by atoms with Gasteiger partial charge in [0.2, 0.25) is 0 Å². The molecule has 0 bridgehead atoms. The van der Waals surface area contributed by atoms with E-state index in [0.717, 1.165) is 13.1 Å². The van der Waals surface area contributed by atoms with Crippen molar-refractivity contribution >= 4 is 24.8 Å². The van der Waals surface area contributed by atoms with E-state index in [9.17, 15) is 0 Å². The maximum atomic E-state index is 5.49. The molecule has 19 heavy (non-hydrogen) atoms. The summed E-state index contributed by atoms with van der Waals surface area (Å²) in [5, 5.41) is 3.37. The van der Waals surface area contributed by atoms with E-state index in [-0.39, 0.29) is 30.2 Å². The summed E-state index contributed by atoms with van der Waals surface area (Å²) in [7, 11) is 0. The molecular formula is C15H28Cl2N2. The lowest BCUT2D eigenvalue weighted by Gasteiger charge is -2.22. The van der Waals surface area contributed by atoms with E-state index >= 15 is 0 Å². The fourth-order valence-corrected chi connectivity index (χ4v) is 2.02. The number of rotatable bonds is 4. The Bertz CT molecular complexity index is 361. The van der Waals surface area contributed by atoms with Crippen LogP contribution in [0.5, 0.6) is 0 Å². The summed E-state index contributed by atoms with van der Waals surface area (Å²) in [6.07, 6.45) is 0. The zero-order valence-electron chi connectivity index (χ0n) is 12.7. The van der Waals surface area contributed by atoms with Crippen molar-refractivity contribution in [3.8, 4) is 0 Å². The Labute approximate surface area is 130 Å². The van der Waals surface area contributed by atoms with Gasteiger partial charge in [-0.05, 0) is 41.5 Å². The largest absolute Gasteiger partial charge is 0.329 e. The first-order valence-electron chi connectivity index (χ1n) is 6.37. The lowest BCUT2D eigenvalue weighted by molar-refractivity contribution is 0.588. The number of hydrogen-bond acceptors (Lipinski definition) is 2. The van der Waals surface area contributed by atoms with E-state index < -0.39 is 0 Å². The van der Waals surface area contributed by atoms with Gasteiger partial charge in [-0.3, -0.25) is 0 Å². The molecule has 0 unspecified atom stereocenters. The predicted molar refractivity (Wildman–Crippen MR) is 89.9 cm³/mol. The number of aryl methyl sites for hydroxylation is 2. The van der Waals surface area contributed by atoms with E-state index in [1.54, 1.807) is 0 Å². The molecule has 0 heterocycles. The van der Waals surface area contributed by atoms with Crippen molar-refractivity contribution in [3.63, 3.8) is 0 Å². The molecule has 0 radical (unpaired) electrons. The fraction of sp³-hybridized carbons (Fsp3) is 0.600. The summed E-state index contributed by atoms with van der Waals surface area (Å²) in [5.74, 6) is 0. The summed E-state index contributed by atoms with van der Waals surface area (Å²) >= 11 is 0. The van der Waals surface area contributed by atoms with Crippen molar-refractivity contribution in [2.45, 2.75) is 46.6 Å². The van der Waals surface area contributed by atoms with E-state index in [1.807, 2.05) is 0 Å². The third-order valence-electron chi connectivity index (χ3n) is 3.18. The topological polar surface area (TPSA) is 38.0 Å². The standard InChI is InChI=1S/C15H26N2.2ClH/c1-11-8-13(15(3,4)5)9-12(2)14(11)10-17-7-6-16;;/h8-9,17H,6-7,10,16H2,1-5H3;2*1H. The first kappa shape index (κ1) is 21.0. The van der Waals surface area contributed by atoms with Crippen LogP contribution in [0.1, 0.15) is 43.0 Å². The van der Waals surface area contributed by atoms with E-state index in [4.69, 9.17) is 5.73 Å². The highest BCUT2D eigenvalue weighted by molar-refractivity contribution is 5.85. The molecule has 1 aromatic rings. The highest BCUT2D eigenvalue weighted by Gasteiger charge is 2.15. The van der Waals surface area contributed by atoms with Crippen LogP contribution < -0.4 is 11.1 Å². The second kappa shape index (κ2) is 8.80. The summed E-state index contributed by atoms with van der Waals surface area (Å²) < 4.78 is 0. The van der Waals surface area contributed by atoms with Gasteiger partial charge < -0.3 is 11.1 Å². The van der Waals surface area contributed by atoms with Gasteiger partial charge in [0.1, 0.15) is 0 Å². The normalized spacial score (nSPS) is 10.6. The molecule has 0 aromatic heterocycles. The van der Waals surface area contributed by atoms with Crippen LogP contribution in [0.4, 0.5) is 0 Å². The lowest BCUT2D eigenvalue weighted by atomic mass is 9.84. The molecule has 0 saturated carbocycles. The predicted octanol–water partition coefficient (Wildman–Crippen LogP) is 3.49. The monoisotopic (exact) mass is 306 g/mol. The van der Waals surface area contributed by atoms with Crippen LogP contribution in [0.2, 0.25) is 0 Å². The summed E-state index contributed by atoms with van der Waals surface area (Å²) in [4.78, 5) is 0. The average Bonchev–Trinajstić information content (AvgIpc) is 2.20. The molecule has 0 amide bonds. The molecule has 0 saturated heterocycles. The molecular weight excluding hydrogens is 279 g/mol. The number of nitrogens with two attached hydrogens (primary N) is 1. The Morgan fingerprint density at radius 2 is 1.53 bits per heavy atom. The van der Waals surface area contributed by atoms with Gasteiger partial charge >= 0.3 is 0 Å². The lowest BCUT2D eigenvalue weighted by Crippen LogP contribution is -2.23. The molecule has 4 heteroatoms. The van der Waals surface area contributed by atoms with E-state index in [1.165, 1.54) is 22.3 Å². The van der Waals surface area contributed by atoms with Crippen LogP contribution in [0.3, 0.4) is 0 Å². The Balaban J connectivity index is 0. The number of benzene rings is 1. The minimum absolute atomic E-state index is 0. The van der Waals surface area contributed by atoms with Crippen molar-refractivity contribution in [1.82, 2.24) is 5.32 Å². The van der Waals surface area contributed by atoms with Gasteiger partial charge in [0.15, 0.2) is 0 Å². The van der Waals surface area contributed by atoms with Crippen LogP contribution in [0.25, 0.3) is 0 Å². The summed E-state index contributed by atoms with van der Waals surface area (Å²) in [6, 6.07) is 4.62. The molecule has 0 atom stereocenters. The van der Waals surface area contributed by atoms with Crippen molar-refractivity contribution in [2.75, 3.05) is 13.1 Å². The third-order valence-corrected chi connectivity index (χ3v) is 3.18. The molecule has 0 fully saturated rings.